The van der Waals surface area contributed by atoms with Crippen LogP contribution in [0.25, 0.3) is 0 Å². The lowest BCUT2D eigenvalue weighted by molar-refractivity contribution is 0.100. The SMILES string of the molecule is C[C@@H](NCc1cc(C(N)=O)cs1)c1cccc(Br)c1. The van der Waals surface area contributed by atoms with Gasteiger partial charge in [0.2, 0.25) is 5.91 Å². The first kappa shape index (κ1) is 14.2. The minimum atomic E-state index is -0.373. The Morgan fingerprint density at radius 3 is 2.89 bits per heavy atom. The van der Waals surface area contributed by atoms with Crippen LogP contribution in [0.4, 0.5) is 0 Å². The van der Waals surface area contributed by atoms with Crippen LogP contribution in [-0.4, -0.2) is 5.91 Å². The van der Waals surface area contributed by atoms with Gasteiger partial charge in [0.25, 0.3) is 0 Å². The topological polar surface area (TPSA) is 55.1 Å². The summed E-state index contributed by atoms with van der Waals surface area (Å²) in [6.45, 7) is 2.84. The van der Waals surface area contributed by atoms with Crippen LogP contribution in [0.1, 0.15) is 33.8 Å². The molecule has 2 aromatic rings. The summed E-state index contributed by atoms with van der Waals surface area (Å²) in [6, 6.07) is 10.3. The highest BCUT2D eigenvalue weighted by atomic mass is 79.9. The molecule has 19 heavy (non-hydrogen) atoms. The number of benzene rings is 1. The largest absolute Gasteiger partial charge is 0.366 e. The van der Waals surface area contributed by atoms with Crippen LogP contribution in [0, 0.1) is 0 Å². The van der Waals surface area contributed by atoms with Gasteiger partial charge in [-0.25, -0.2) is 0 Å². The van der Waals surface area contributed by atoms with Crippen LogP contribution in [-0.2, 0) is 6.54 Å². The molecule has 0 saturated carbocycles. The Balaban J connectivity index is 1.96. The first-order valence-electron chi connectivity index (χ1n) is 5.92. The van der Waals surface area contributed by atoms with Gasteiger partial charge in [0.15, 0.2) is 0 Å². The molecule has 0 bridgehead atoms. The zero-order chi connectivity index (χ0) is 13.8. The highest BCUT2D eigenvalue weighted by molar-refractivity contribution is 9.10. The maximum absolute atomic E-state index is 11.0. The quantitative estimate of drug-likeness (QED) is 0.877. The summed E-state index contributed by atoms with van der Waals surface area (Å²) in [7, 11) is 0. The first-order chi connectivity index (χ1) is 9.06. The van der Waals surface area contributed by atoms with E-state index < -0.39 is 0 Å². The second-order valence-corrected chi connectivity index (χ2v) is 6.23. The Kier molecular flexibility index (Phi) is 4.74. The fourth-order valence-electron chi connectivity index (χ4n) is 1.75. The Morgan fingerprint density at radius 1 is 1.47 bits per heavy atom. The van der Waals surface area contributed by atoms with Crippen LogP contribution in [0.3, 0.4) is 0 Å². The summed E-state index contributed by atoms with van der Waals surface area (Å²) in [5.74, 6) is -0.373. The molecule has 1 heterocycles. The molecule has 0 aliphatic carbocycles. The van der Waals surface area contributed by atoms with Gasteiger partial charge in [-0.15, -0.1) is 11.3 Å². The lowest BCUT2D eigenvalue weighted by atomic mass is 10.1. The van der Waals surface area contributed by atoms with E-state index in [0.717, 1.165) is 15.9 Å². The molecule has 0 saturated heterocycles. The first-order valence-corrected chi connectivity index (χ1v) is 7.59. The summed E-state index contributed by atoms with van der Waals surface area (Å²) >= 11 is 5.01. The van der Waals surface area contributed by atoms with Crippen molar-refractivity contribution in [2.45, 2.75) is 19.5 Å². The second-order valence-electron chi connectivity index (χ2n) is 4.32. The molecule has 5 heteroatoms. The molecule has 2 rings (SSSR count). The van der Waals surface area contributed by atoms with Gasteiger partial charge in [0, 0.05) is 27.3 Å². The third-order valence-electron chi connectivity index (χ3n) is 2.87. The molecular formula is C14H15BrN2OS. The molecule has 1 aromatic heterocycles. The van der Waals surface area contributed by atoms with E-state index in [9.17, 15) is 4.79 Å². The average Bonchev–Trinajstić information content (AvgIpc) is 2.85. The van der Waals surface area contributed by atoms with Gasteiger partial charge < -0.3 is 11.1 Å². The maximum atomic E-state index is 11.0. The van der Waals surface area contributed by atoms with E-state index in [4.69, 9.17) is 5.73 Å². The summed E-state index contributed by atoms with van der Waals surface area (Å²) in [6.07, 6.45) is 0. The van der Waals surface area contributed by atoms with Crippen molar-refractivity contribution in [3.8, 4) is 0 Å². The van der Waals surface area contributed by atoms with Gasteiger partial charge in [0.05, 0.1) is 5.56 Å². The van der Waals surface area contributed by atoms with Gasteiger partial charge >= 0.3 is 0 Å². The number of amides is 1. The van der Waals surface area contributed by atoms with Crippen LogP contribution >= 0.6 is 27.3 Å². The number of nitrogens with two attached hydrogens (primary N) is 1. The maximum Gasteiger partial charge on any atom is 0.249 e. The van der Waals surface area contributed by atoms with Crippen molar-refractivity contribution in [2.75, 3.05) is 0 Å². The van der Waals surface area contributed by atoms with Gasteiger partial charge in [-0.1, -0.05) is 28.1 Å². The van der Waals surface area contributed by atoms with Crippen molar-refractivity contribution in [1.82, 2.24) is 5.32 Å². The highest BCUT2D eigenvalue weighted by Gasteiger charge is 2.08. The molecule has 100 valence electrons. The molecule has 0 radical (unpaired) electrons. The zero-order valence-electron chi connectivity index (χ0n) is 10.5. The Bertz CT molecular complexity index is 582. The van der Waals surface area contributed by atoms with Gasteiger partial charge in [-0.2, -0.15) is 0 Å². The van der Waals surface area contributed by atoms with Crippen molar-refractivity contribution >= 4 is 33.2 Å². The number of carbonyl (C=O) groups is 1. The minimum Gasteiger partial charge on any atom is -0.366 e. The molecule has 0 fully saturated rings. The van der Waals surface area contributed by atoms with E-state index in [1.165, 1.54) is 5.56 Å². The number of primary amides is 1. The lowest BCUT2D eigenvalue weighted by Crippen LogP contribution is -2.17. The molecule has 1 atom stereocenters. The van der Waals surface area contributed by atoms with Crippen molar-refractivity contribution in [2.24, 2.45) is 5.73 Å². The van der Waals surface area contributed by atoms with Gasteiger partial charge in [-0.3, -0.25) is 4.79 Å². The highest BCUT2D eigenvalue weighted by Crippen LogP contribution is 2.19. The predicted molar refractivity (Wildman–Crippen MR) is 82.2 cm³/mol. The van der Waals surface area contributed by atoms with Crippen molar-refractivity contribution < 1.29 is 4.79 Å². The number of nitrogens with one attached hydrogen (secondary N) is 1. The molecule has 0 aliphatic heterocycles. The van der Waals surface area contributed by atoms with Crippen molar-refractivity contribution in [1.29, 1.82) is 0 Å². The summed E-state index contributed by atoms with van der Waals surface area (Å²) < 4.78 is 1.07. The number of hydrogen-bond acceptors (Lipinski definition) is 3. The van der Waals surface area contributed by atoms with Crippen LogP contribution < -0.4 is 11.1 Å². The van der Waals surface area contributed by atoms with Crippen molar-refractivity contribution in [3.63, 3.8) is 0 Å². The standard InChI is InChI=1S/C14H15BrN2OS/c1-9(10-3-2-4-12(15)5-10)17-7-13-6-11(8-19-13)14(16)18/h2-6,8-9,17H,7H2,1H3,(H2,16,18)/t9-/m1/s1. The van der Waals surface area contributed by atoms with E-state index in [-0.39, 0.29) is 11.9 Å². The molecule has 1 aromatic carbocycles. The van der Waals surface area contributed by atoms with E-state index in [0.29, 0.717) is 5.56 Å². The zero-order valence-corrected chi connectivity index (χ0v) is 12.9. The fraction of sp³-hybridized carbons (Fsp3) is 0.214. The smallest absolute Gasteiger partial charge is 0.249 e. The van der Waals surface area contributed by atoms with E-state index in [1.54, 1.807) is 16.7 Å². The molecule has 0 spiro atoms. The fourth-order valence-corrected chi connectivity index (χ4v) is 2.99. The van der Waals surface area contributed by atoms with Crippen LogP contribution in [0.5, 0.6) is 0 Å². The molecule has 0 aliphatic rings. The molecule has 3 N–H and O–H groups in total. The normalized spacial score (nSPS) is 12.3. The minimum absolute atomic E-state index is 0.247. The van der Waals surface area contributed by atoms with Gasteiger partial charge in [-0.05, 0) is 30.7 Å². The van der Waals surface area contributed by atoms with Crippen LogP contribution in [0.2, 0.25) is 0 Å². The number of carbonyl (C=O) groups excluding carboxylic acids is 1. The summed E-state index contributed by atoms with van der Waals surface area (Å²) in [4.78, 5) is 12.1. The Hall–Kier alpha value is -1.17. The monoisotopic (exact) mass is 338 g/mol. The molecule has 0 unspecified atom stereocenters. The third kappa shape index (κ3) is 3.89. The van der Waals surface area contributed by atoms with Gasteiger partial charge in [0.1, 0.15) is 0 Å². The summed E-state index contributed by atoms with van der Waals surface area (Å²) in [5, 5.41) is 5.23. The molecule has 1 amide bonds. The number of thiophene rings is 1. The number of hydrogen-bond donors (Lipinski definition) is 2. The second kappa shape index (κ2) is 6.32. The number of halogens is 1. The molecular weight excluding hydrogens is 324 g/mol. The van der Waals surface area contributed by atoms with Crippen molar-refractivity contribution in [3.05, 3.63) is 56.2 Å². The third-order valence-corrected chi connectivity index (χ3v) is 4.30. The molecule has 3 nitrogen and oxygen atoms in total. The van der Waals surface area contributed by atoms with Crippen LogP contribution in [0.15, 0.2) is 40.2 Å². The Labute approximate surface area is 125 Å². The van der Waals surface area contributed by atoms with E-state index >= 15 is 0 Å². The van der Waals surface area contributed by atoms with E-state index in [1.807, 2.05) is 18.2 Å². The number of rotatable bonds is 5. The average molecular weight is 339 g/mol. The Morgan fingerprint density at radius 2 is 2.26 bits per heavy atom. The summed E-state index contributed by atoms with van der Waals surface area (Å²) in [5.41, 5.74) is 7.04. The van der Waals surface area contributed by atoms with E-state index in [2.05, 4.69) is 40.3 Å². The lowest BCUT2D eigenvalue weighted by Gasteiger charge is -2.13. The predicted octanol–water partition coefficient (Wildman–Crippen LogP) is 3.46.